The predicted octanol–water partition coefficient (Wildman–Crippen LogP) is 1.04. The molecule has 3 rings (SSSR count). The molecular formula is C14H18F3N5O2. The first kappa shape index (κ1) is 16.9. The van der Waals surface area contributed by atoms with Crippen LogP contribution in [0.15, 0.2) is 18.2 Å². The van der Waals surface area contributed by atoms with Gasteiger partial charge in [-0.25, -0.2) is 4.90 Å². The maximum Gasteiger partial charge on any atom is 0.416 e. The van der Waals surface area contributed by atoms with Crippen LogP contribution in [-0.4, -0.2) is 60.1 Å². The Bertz CT molecular complexity index is 725. The summed E-state index contributed by atoms with van der Waals surface area (Å²) in [4.78, 5) is 4.16. The van der Waals surface area contributed by atoms with E-state index in [-0.39, 0.29) is 16.7 Å². The van der Waals surface area contributed by atoms with Gasteiger partial charge in [-0.2, -0.15) is 13.2 Å². The van der Waals surface area contributed by atoms with Gasteiger partial charge in [0, 0.05) is 19.2 Å². The van der Waals surface area contributed by atoms with Crippen molar-refractivity contribution in [1.29, 1.82) is 0 Å². The molecule has 0 N–H and O–H groups in total. The normalized spacial score (nSPS) is 18.4. The molecule has 0 saturated carbocycles. The van der Waals surface area contributed by atoms with Crippen LogP contribution in [0.2, 0.25) is 0 Å². The number of fused-ring (bicyclic) bond motifs is 1. The molecule has 7 nitrogen and oxygen atoms in total. The summed E-state index contributed by atoms with van der Waals surface area (Å²) in [6.07, 6.45) is -4.89. The Hall–Kier alpha value is -1.91. The molecule has 0 spiro atoms. The molecule has 2 heterocycles. The molecule has 0 aliphatic carbocycles. The Morgan fingerprint density at radius 2 is 1.96 bits per heavy atom. The highest BCUT2D eigenvalue weighted by molar-refractivity contribution is 5.72. The number of rotatable bonds is 3. The van der Waals surface area contributed by atoms with E-state index in [1.807, 2.05) is 19.0 Å². The van der Waals surface area contributed by atoms with Gasteiger partial charge >= 0.3 is 6.18 Å². The van der Waals surface area contributed by atoms with Crippen LogP contribution in [0, 0.1) is 5.21 Å². The fourth-order valence-electron chi connectivity index (χ4n) is 2.91. The first-order valence-electron chi connectivity index (χ1n) is 7.46. The largest absolute Gasteiger partial charge is 0.691 e. The van der Waals surface area contributed by atoms with Gasteiger partial charge in [0.05, 0.1) is 24.0 Å². The maximum atomic E-state index is 12.9. The van der Waals surface area contributed by atoms with Crippen LogP contribution in [0.3, 0.4) is 0 Å². The molecule has 1 aromatic carbocycles. The molecule has 132 valence electrons. The molecule has 0 amide bonds. The van der Waals surface area contributed by atoms with E-state index >= 15 is 0 Å². The highest BCUT2D eigenvalue weighted by Crippen LogP contribution is 2.31. The molecule has 1 fully saturated rings. The summed E-state index contributed by atoms with van der Waals surface area (Å²) >= 11 is 0. The summed E-state index contributed by atoms with van der Waals surface area (Å²) in [7, 11) is 3.65. The minimum atomic E-state index is -4.51. The average molecular weight is 345 g/mol. The predicted molar refractivity (Wildman–Crippen MR) is 78.8 cm³/mol. The third-order valence-electron chi connectivity index (χ3n) is 3.99. The monoisotopic (exact) mass is 345 g/mol. The average Bonchev–Trinajstić information content (AvgIpc) is 2.84. The van der Waals surface area contributed by atoms with Crippen LogP contribution >= 0.6 is 0 Å². The van der Waals surface area contributed by atoms with E-state index in [0.29, 0.717) is 31.8 Å². The molecule has 10 heteroatoms. The van der Waals surface area contributed by atoms with Crippen molar-refractivity contribution >= 4 is 11.0 Å². The second kappa shape index (κ2) is 6.19. The molecule has 0 radical (unpaired) electrons. The Morgan fingerprint density at radius 3 is 2.54 bits per heavy atom. The van der Waals surface area contributed by atoms with Crippen LogP contribution in [0.1, 0.15) is 11.9 Å². The summed E-state index contributed by atoms with van der Waals surface area (Å²) < 4.78 is 45.4. The second-order valence-corrected chi connectivity index (χ2v) is 5.87. The molecule has 1 atom stereocenters. The maximum absolute atomic E-state index is 12.9. The zero-order chi connectivity index (χ0) is 17.5. The van der Waals surface area contributed by atoms with Gasteiger partial charge in [-0.15, -0.1) is 4.85 Å². The van der Waals surface area contributed by atoms with E-state index in [0.717, 1.165) is 12.1 Å². The minimum absolute atomic E-state index is 0.107. The summed E-state index contributed by atoms with van der Waals surface area (Å²) in [6.45, 7) is 2.39. The molecule has 1 aromatic heterocycles. The number of hydrogen-bond acceptors (Lipinski definition) is 5. The first-order valence-corrected chi connectivity index (χ1v) is 7.46. The van der Waals surface area contributed by atoms with Gasteiger partial charge in [0.25, 0.3) is 0 Å². The summed E-state index contributed by atoms with van der Waals surface area (Å²) in [5, 5.41) is 15.9. The van der Waals surface area contributed by atoms with Gasteiger partial charge in [-0.3, -0.25) is 4.90 Å². The molecule has 1 unspecified atom stereocenters. The van der Waals surface area contributed by atoms with Crippen LogP contribution in [0.4, 0.5) is 13.2 Å². The minimum Gasteiger partial charge on any atom is -0.691 e. The third kappa shape index (κ3) is 3.04. The summed E-state index contributed by atoms with van der Waals surface area (Å²) in [6, 6.07) is 3.08. The van der Waals surface area contributed by atoms with Crippen molar-refractivity contribution in [1.82, 2.24) is 19.7 Å². The number of alkyl halides is 3. The Balaban J connectivity index is 2.07. The topological polar surface area (TPSA) is 60.5 Å². The van der Waals surface area contributed by atoms with Crippen molar-refractivity contribution in [2.45, 2.75) is 12.5 Å². The number of morpholine rings is 1. The lowest BCUT2D eigenvalue weighted by molar-refractivity contribution is -0.647. The molecular weight excluding hydrogens is 327 g/mol. The Morgan fingerprint density at radius 1 is 1.29 bits per heavy atom. The standard InChI is InChI=1S/C14H18F3N5O2/c1-19(2)13(20-5-7-24-8-6-20)21-11-4-3-10(14(15,16)17)9-12(11)22(23)18-21/h3-4,9,13H,5-8H2,1-2H3. The summed E-state index contributed by atoms with van der Waals surface area (Å²) in [5.41, 5.74) is -0.625. The van der Waals surface area contributed by atoms with Crippen LogP contribution < -0.4 is 4.85 Å². The van der Waals surface area contributed by atoms with E-state index in [2.05, 4.69) is 10.1 Å². The quantitative estimate of drug-likeness (QED) is 0.614. The highest BCUT2D eigenvalue weighted by Gasteiger charge is 2.35. The fraction of sp³-hybridized carbons (Fsp3) is 0.571. The number of benzene rings is 1. The number of aromatic nitrogens is 3. The van der Waals surface area contributed by atoms with Crippen molar-refractivity contribution in [2.24, 2.45) is 0 Å². The van der Waals surface area contributed by atoms with Crippen molar-refractivity contribution in [3.8, 4) is 0 Å². The second-order valence-electron chi connectivity index (χ2n) is 5.87. The van der Waals surface area contributed by atoms with E-state index in [9.17, 15) is 18.4 Å². The van der Waals surface area contributed by atoms with E-state index in [1.54, 1.807) is 0 Å². The smallest absolute Gasteiger partial charge is 0.416 e. The molecule has 0 bridgehead atoms. The van der Waals surface area contributed by atoms with E-state index < -0.39 is 11.7 Å². The Kier molecular flexibility index (Phi) is 4.37. The lowest BCUT2D eigenvalue weighted by Gasteiger charge is -2.34. The van der Waals surface area contributed by atoms with Gasteiger partial charge in [-0.05, 0) is 26.2 Å². The Labute approximate surface area is 136 Å². The fourth-order valence-corrected chi connectivity index (χ4v) is 2.91. The van der Waals surface area contributed by atoms with Crippen LogP contribution in [-0.2, 0) is 10.9 Å². The van der Waals surface area contributed by atoms with Gasteiger partial charge in [0.2, 0.25) is 17.3 Å². The molecule has 1 aliphatic heterocycles. The van der Waals surface area contributed by atoms with Crippen molar-refractivity contribution in [3.05, 3.63) is 29.0 Å². The summed E-state index contributed by atoms with van der Waals surface area (Å²) in [5.74, 6) is 0. The van der Waals surface area contributed by atoms with Crippen LogP contribution in [0.25, 0.3) is 11.0 Å². The lowest BCUT2D eigenvalue weighted by Crippen LogP contribution is -2.48. The number of nitrogens with zero attached hydrogens (tertiary/aromatic N) is 5. The number of halogens is 3. The zero-order valence-electron chi connectivity index (χ0n) is 13.3. The van der Waals surface area contributed by atoms with Crippen LogP contribution in [0.5, 0.6) is 0 Å². The SMILES string of the molecule is CN(C)C(N1CCOCC1)n1n[n+]([O-])c2cc(C(F)(F)F)ccc21. The number of ether oxygens (including phenoxy) is 1. The van der Waals surface area contributed by atoms with E-state index in [4.69, 9.17) is 4.74 Å². The van der Waals surface area contributed by atoms with Gasteiger partial charge in [0.1, 0.15) is 0 Å². The lowest BCUT2D eigenvalue weighted by atomic mass is 10.2. The van der Waals surface area contributed by atoms with Gasteiger partial charge in [0.15, 0.2) is 0 Å². The molecule has 1 aliphatic rings. The third-order valence-corrected chi connectivity index (χ3v) is 3.99. The highest BCUT2D eigenvalue weighted by atomic mass is 19.4. The van der Waals surface area contributed by atoms with E-state index in [1.165, 1.54) is 10.7 Å². The number of hydrogen-bond donors (Lipinski definition) is 0. The van der Waals surface area contributed by atoms with Gasteiger partial charge in [-0.1, -0.05) is 4.68 Å². The van der Waals surface area contributed by atoms with Crippen molar-refractivity contribution in [3.63, 3.8) is 0 Å². The zero-order valence-corrected chi connectivity index (χ0v) is 13.3. The molecule has 2 aromatic rings. The molecule has 24 heavy (non-hydrogen) atoms. The van der Waals surface area contributed by atoms with Crippen molar-refractivity contribution < 1.29 is 22.8 Å². The van der Waals surface area contributed by atoms with Crippen molar-refractivity contribution in [2.75, 3.05) is 40.4 Å². The molecule has 1 saturated heterocycles. The first-order chi connectivity index (χ1) is 11.3. The van der Waals surface area contributed by atoms with Gasteiger partial charge < -0.3 is 9.94 Å².